The number of nitrogens with zero attached hydrogens (tertiary/aromatic N) is 2. The van der Waals surface area contributed by atoms with Gasteiger partial charge in [0, 0.05) is 12.8 Å². The molecule has 1 aliphatic rings. The lowest BCUT2D eigenvalue weighted by atomic mass is 9.99. The van der Waals surface area contributed by atoms with E-state index in [4.69, 9.17) is 4.52 Å². The van der Waals surface area contributed by atoms with E-state index in [1.54, 1.807) is 6.92 Å². The third-order valence-electron chi connectivity index (χ3n) is 2.79. The van der Waals surface area contributed by atoms with Crippen LogP contribution in [-0.4, -0.2) is 32.9 Å². The van der Waals surface area contributed by atoms with Crippen molar-refractivity contribution in [1.29, 1.82) is 0 Å². The maximum Gasteiger partial charge on any atom is 0.226 e. The molecule has 1 saturated heterocycles. The zero-order valence-corrected chi connectivity index (χ0v) is 10.4. The number of hydrogen-bond acceptors (Lipinski definition) is 5. The Hall–Kier alpha value is -0.550. The number of thioether (sulfide) groups is 1. The smallest absolute Gasteiger partial charge is 0.226 e. The van der Waals surface area contributed by atoms with Gasteiger partial charge in [-0.05, 0) is 37.2 Å². The Labute approximate surface area is 99.8 Å². The molecule has 0 spiro atoms. The van der Waals surface area contributed by atoms with E-state index in [9.17, 15) is 5.11 Å². The van der Waals surface area contributed by atoms with Gasteiger partial charge in [0.2, 0.25) is 5.89 Å². The zero-order chi connectivity index (χ0) is 11.4. The Morgan fingerprint density at radius 1 is 1.50 bits per heavy atom. The van der Waals surface area contributed by atoms with Crippen molar-refractivity contribution >= 4 is 11.8 Å². The maximum absolute atomic E-state index is 9.21. The van der Waals surface area contributed by atoms with Crippen LogP contribution in [0.5, 0.6) is 0 Å². The summed E-state index contributed by atoms with van der Waals surface area (Å²) in [7, 11) is 0. The predicted octanol–water partition coefficient (Wildman–Crippen LogP) is 1.68. The van der Waals surface area contributed by atoms with Gasteiger partial charge < -0.3 is 9.63 Å². The highest BCUT2D eigenvalue weighted by Crippen LogP contribution is 2.25. The first-order valence-electron chi connectivity index (χ1n) is 5.81. The van der Waals surface area contributed by atoms with Crippen molar-refractivity contribution in [2.45, 2.75) is 38.7 Å². The molecule has 0 aliphatic carbocycles. The van der Waals surface area contributed by atoms with Crippen molar-refractivity contribution in [3.8, 4) is 0 Å². The highest BCUT2D eigenvalue weighted by molar-refractivity contribution is 7.99. The van der Waals surface area contributed by atoms with Crippen LogP contribution in [0.25, 0.3) is 0 Å². The molecule has 5 heteroatoms. The molecule has 4 nitrogen and oxygen atoms in total. The van der Waals surface area contributed by atoms with Crippen LogP contribution in [0.1, 0.15) is 31.5 Å². The van der Waals surface area contributed by atoms with Crippen molar-refractivity contribution in [3.63, 3.8) is 0 Å². The Kier molecular flexibility index (Phi) is 4.23. The number of rotatable bonds is 4. The van der Waals surface area contributed by atoms with E-state index >= 15 is 0 Å². The fraction of sp³-hybridized carbons (Fsp3) is 0.818. The summed E-state index contributed by atoms with van der Waals surface area (Å²) < 4.78 is 5.19. The molecule has 0 amide bonds. The van der Waals surface area contributed by atoms with Crippen molar-refractivity contribution in [2.75, 3.05) is 11.5 Å². The monoisotopic (exact) mass is 242 g/mol. The second-order valence-corrected chi connectivity index (χ2v) is 5.64. The van der Waals surface area contributed by atoms with Gasteiger partial charge in [-0.1, -0.05) is 5.16 Å². The van der Waals surface area contributed by atoms with Gasteiger partial charge in [-0.15, -0.1) is 0 Å². The molecule has 1 atom stereocenters. The van der Waals surface area contributed by atoms with Crippen LogP contribution >= 0.6 is 11.8 Å². The van der Waals surface area contributed by atoms with Gasteiger partial charge in [-0.2, -0.15) is 16.7 Å². The summed E-state index contributed by atoms with van der Waals surface area (Å²) in [6.45, 7) is 1.73. The Balaban J connectivity index is 1.86. The number of aliphatic hydroxyl groups excluding tert-OH is 1. The average molecular weight is 242 g/mol. The van der Waals surface area contributed by atoms with E-state index in [1.165, 1.54) is 24.3 Å². The summed E-state index contributed by atoms with van der Waals surface area (Å²) in [5.41, 5.74) is 0. The van der Waals surface area contributed by atoms with Gasteiger partial charge in [0.15, 0.2) is 5.82 Å². The van der Waals surface area contributed by atoms with Crippen LogP contribution in [-0.2, 0) is 12.8 Å². The summed E-state index contributed by atoms with van der Waals surface area (Å²) in [6, 6.07) is 0. The summed E-state index contributed by atoms with van der Waals surface area (Å²) in [6.07, 6.45) is 3.46. The lowest BCUT2D eigenvalue weighted by Crippen LogP contribution is -2.12. The molecular weight excluding hydrogens is 224 g/mol. The molecule has 1 N–H and O–H groups in total. The second kappa shape index (κ2) is 5.68. The lowest BCUT2D eigenvalue weighted by molar-refractivity contribution is 0.191. The number of aliphatic hydroxyl groups is 1. The highest BCUT2D eigenvalue weighted by atomic mass is 32.2. The molecular formula is C11H18N2O2S. The van der Waals surface area contributed by atoms with Gasteiger partial charge in [-0.3, -0.25) is 0 Å². The van der Waals surface area contributed by atoms with Gasteiger partial charge in [-0.25, -0.2) is 0 Å². The van der Waals surface area contributed by atoms with Crippen LogP contribution in [0.3, 0.4) is 0 Å². The Morgan fingerprint density at radius 2 is 2.25 bits per heavy atom. The van der Waals surface area contributed by atoms with E-state index in [1.807, 2.05) is 11.8 Å². The molecule has 0 bridgehead atoms. The molecule has 0 aromatic carbocycles. The van der Waals surface area contributed by atoms with Crippen LogP contribution < -0.4 is 0 Å². The fourth-order valence-corrected chi connectivity index (χ4v) is 3.12. The zero-order valence-electron chi connectivity index (χ0n) is 9.56. The topological polar surface area (TPSA) is 59.2 Å². The predicted molar refractivity (Wildman–Crippen MR) is 63.4 cm³/mol. The van der Waals surface area contributed by atoms with E-state index in [-0.39, 0.29) is 0 Å². The number of hydrogen-bond donors (Lipinski definition) is 1. The van der Waals surface area contributed by atoms with Crippen LogP contribution in [0.4, 0.5) is 0 Å². The molecule has 2 heterocycles. The van der Waals surface area contributed by atoms with Crippen molar-refractivity contribution in [1.82, 2.24) is 10.1 Å². The van der Waals surface area contributed by atoms with Crippen molar-refractivity contribution in [3.05, 3.63) is 11.7 Å². The molecule has 90 valence electrons. The van der Waals surface area contributed by atoms with Crippen molar-refractivity contribution in [2.24, 2.45) is 5.92 Å². The molecule has 1 aromatic heterocycles. The molecule has 2 rings (SSSR count). The van der Waals surface area contributed by atoms with Gasteiger partial charge in [0.1, 0.15) is 0 Å². The fourth-order valence-electron chi connectivity index (χ4n) is 1.92. The van der Waals surface area contributed by atoms with Crippen LogP contribution in [0.2, 0.25) is 0 Å². The quantitative estimate of drug-likeness (QED) is 0.870. The standard InChI is InChI=1S/C11H18N2O2S/c1-8(14)6-10-12-11(15-13-10)7-9-2-4-16-5-3-9/h8-9,14H,2-7H2,1H3. The summed E-state index contributed by atoms with van der Waals surface area (Å²) in [5, 5.41) is 13.1. The minimum absolute atomic E-state index is 0.406. The third kappa shape index (κ3) is 3.49. The van der Waals surface area contributed by atoms with Crippen molar-refractivity contribution < 1.29 is 9.63 Å². The van der Waals surface area contributed by atoms with E-state index in [0.717, 1.165) is 12.3 Å². The molecule has 1 fully saturated rings. The van der Waals surface area contributed by atoms with Gasteiger partial charge in [0.05, 0.1) is 6.10 Å². The summed E-state index contributed by atoms with van der Waals surface area (Å²) >= 11 is 2.02. The molecule has 1 aliphatic heterocycles. The molecule has 16 heavy (non-hydrogen) atoms. The minimum Gasteiger partial charge on any atom is -0.393 e. The van der Waals surface area contributed by atoms with E-state index in [0.29, 0.717) is 18.2 Å². The van der Waals surface area contributed by atoms with Crippen LogP contribution in [0, 0.1) is 5.92 Å². The molecule has 0 radical (unpaired) electrons. The first-order chi connectivity index (χ1) is 7.74. The minimum atomic E-state index is -0.406. The lowest BCUT2D eigenvalue weighted by Gasteiger charge is -2.19. The summed E-state index contributed by atoms with van der Waals surface area (Å²) in [5.74, 6) is 4.54. The Morgan fingerprint density at radius 3 is 2.94 bits per heavy atom. The number of aromatic nitrogens is 2. The third-order valence-corrected chi connectivity index (χ3v) is 3.84. The first kappa shape index (κ1) is 11.9. The first-order valence-corrected chi connectivity index (χ1v) is 6.97. The maximum atomic E-state index is 9.21. The van der Waals surface area contributed by atoms with E-state index < -0.39 is 6.10 Å². The highest BCUT2D eigenvalue weighted by Gasteiger charge is 2.18. The largest absolute Gasteiger partial charge is 0.393 e. The normalized spacial score (nSPS) is 19.9. The second-order valence-electron chi connectivity index (χ2n) is 4.42. The van der Waals surface area contributed by atoms with Gasteiger partial charge >= 0.3 is 0 Å². The molecule has 0 saturated carbocycles. The van der Waals surface area contributed by atoms with E-state index in [2.05, 4.69) is 10.1 Å². The summed E-state index contributed by atoms with van der Waals surface area (Å²) in [4.78, 5) is 4.30. The molecule has 1 unspecified atom stereocenters. The van der Waals surface area contributed by atoms with Gasteiger partial charge in [0.25, 0.3) is 0 Å². The average Bonchev–Trinajstić information content (AvgIpc) is 2.66. The Bertz CT molecular complexity index is 322. The SMILES string of the molecule is CC(O)Cc1noc(CC2CCSCC2)n1. The van der Waals surface area contributed by atoms with Crippen LogP contribution in [0.15, 0.2) is 4.52 Å². The molecule has 1 aromatic rings.